The zero-order valence-corrected chi connectivity index (χ0v) is 11.8. The Bertz CT molecular complexity index is 633. The summed E-state index contributed by atoms with van der Waals surface area (Å²) in [6.45, 7) is 8.16. The van der Waals surface area contributed by atoms with Crippen LogP contribution in [-0.2, 0) is 6.54 Å². The van der Waals surface area contributed by atoms with E-state index in [1.54, 1.807) is 6.92 Å². The van der Waals surface area contributed by atoms with Gasteiger partial charge in [0.1, 0.15) is 0 Å². The van der Waals surface area contributed by atoms with Gasteiger partial charge in [0.05, 0.1) is 11.6 Å². The van der Waals surface area contributed by atoms with Crippen LogP contribution in [0, 0.1) is 6.92 Å². The summed E-state index contributed by atoms with van der Waals surface area (Å²) < 4.78 is 1.30. The average molecular weight is 264 g/mol. The van der Waals surface area contributed by atoms with E-state index in [4.69, 9.17) is 0 Å². The number of benzene rings is 1. The molecule has 0 spiro atoms. The molecular weight excluding hydrogens is 244 g/mol. The summed E-state index contributed by atoms with van der Waals surface area (Å²) in [4.78, 5) is 11.9. The normalized spacial score (nSPS) is 10.1. The van der Waals surface area contributed by atoms with Crippen LogP contribution >= 0.6 is 0 Å². The van der Waals surface area contributed by atoms with Gasteiger partial charge in [0.25, 0.3) is 5.56 Å². The number of nitrogens with zero attached hydrogens (tertiary/aromatic N) is 2. The van der Waals surface area contributed by atoms with E-state index in [1.165, 1.54) is 23.4 Å². The molecule has 5 nitrogen and oxygen atoms in total. The maximum Gasteiger partial charge on any atom is 0.274 e. The number of aryl methyl sites for hydroxylation is 2. The second kappa shape index (κ2) is 6.22. The maximum absolute atomic E-state index is 11.9. The first-order valence-electron chi connectivity index (χ1n) is 6.39. The molecule has 2 aromatic rings. The summed E-state index contributed by atoms with van der Waals surface area (Å²) in [6.07, 6.45) is 2.77. The van der Waals surface area contributed by atoms with Crippen LogP contribution in [0.1, 0.15) is 32.8 Å². The molecule has 104 valence electrons. The first-order chi connectivity index (χ1) is 8.97. The Morgan fingerprint density at radius 2 is 1.79 bits per heavy atom. The Morgan fingerprint density at radius 1 is 1.21 bits per heavy atom. The molecule has 2 N–H and O–H groups in total. The van der Waals surface area contributed by atoms with Gasteiger partial charge in [-0.1, -0.05) is 20.3 Å². The summed E-state index contributed by atoms with van der Waals surface area (Å²) in [6, 6.07) is 1.27. The SMILES string of the molecule is CCC.CCn1ncc2c(C)c(O)c(O)cc2c1=O. The quantitative estimate of drug-likeness (QED) is 0.776. The molecule has 0 amide bonds. The van der Waals surface area contributed by atoms with Crippen molar-refractivity contribution >= 4 is 10.8 Å². The van der Waals surface area contributed by atoms with Crippen LogP contribution < -0.4 is 5.56 Å². The minimum absolute atomic E-state index is 0.206. The van der Waals surface area contributed by atoms with Gasteiger partial charge >= 0.3 is 0 Å². The number of rotatable bonds is 1. The lowest BCUT2D eigenvalue weighted by atomic mass is 10.1. The topological polar surface area (TPSA) is 75.3 Å². The third-order valence-electron chi connectivity index (χ3n) is 2.66. The fraction of sp³-hybridized carbons (Fsp3) is 0.429. The lowest BCUT2D eigenvalue weighted by Crippen LogP contribution is -2.21. The minimum atomic E-state index is -0.282. The molecule has 0 saturated carbocycles. The van der Waals surface area contributed by atoms with E-state index in [-0.39, 0.29) is 17.1 Å². The van der Waals surface area contributed by atoms with Crippen molar-refractivity contribution in [2.45, 2.75) is 40.7 Å². The molecule has 1 aromatic heterocycles. The van der Waals surface area contributed by atoms with Crippen LogP contribution in [0.25, 0.3) is 10.8 Å². The minimum Gasteiger partial charge on any atom is -0.504 e. The van der Waals surface area contributed by atoms with E-state index in [2.05, 4.69) is 18.9 Å². The van der Waals surface area contributed by atoms with Crippen LogP contribution in [0.3, 0.4) is 0 Å². The molecule has 0 aliphatic heterocycles. The molecule has 0 fully saturated rings. The van der Waals surface area contributed by atoms with Gasteiger partial charge in [0.2, 0.25) is 0 Å². The van der Waals surface area contributed by atoms with Gasteiger partial charge in [-0.2, -0.15) is 5.10 Å². The third-order valence-corrected chi connectivity index (χ3v) is 2.66. The van der Waals surface area contributed by atoms with Crippen molar-refractivity contribution in [3.63, 3.8) is 0 Å². The fourth-order valence-corrected chi connectivity index (χ4v) is 1.69. The van der Waals surface area contributed by atoms with Crippen LogP contribution in [0.4, 0.5) is 0 Å². The number of phenolic OH excluding ortho intramolecular Hbond substituents is 2. The molecule has 2 rings (SSSR count). The Hall–Kier alpha value is -2.04. The standard InChI is InChI=1S/C11H12N2O3.C3H8/c1-3-13-11(16)7-4-9(14)10(15)6(2)8(7)5-12-13;1-3-2/h4-5,14-15H,3H2,1-2H3;3H2,1-2H3. The van der Waals surface area contributed by atoms with Crippen molar-refractivity contribution in [1.82, 2.24) is 9.78 Å². The second-order valence-corrected chi connectivity index (χ2v) is 4.30. The van der Waals surface area contributed by atoms with Gasteiger partial charge in [-0.15, -0.1) is 0 Å². The molecule has 1 heterocycles. The summed E-state index contributed by atoms with van der Waals surface area (Å²) in [5.41, 5.74) is 0.196. The highest BCUT2D eigenvalue weighted by Crippen LogP contribution is 2.33. The Morgan fingerprint density at radius 3 is 2.32 bits per heavy atom. The van der Waals surface area contributed by atoms with Gasteiger partial charge in [0.15, 0.2) is 11.5 Å². The van der Waals surface area contributed by atoms with E-state index in [1.807, 2.05) is 6.92 Å². The molecule has 0 radical (unpaired) electrons. The third kappa shape index (κ3) is 2.86. The smallest absolute Gasteiger partial charge is 0.274 e. The number of hydrogen-bond donors (Lipinski definition) is 2. The fourth-order valence-electron chi connectivity index (χ4n) is 1.69. The summed E-state index contributed by atoms with van der Waals surface area (Å²) >= 11 is 0. The Kier molecular flexibility index (Phi) is 4.92. The number of aromatic nitrogens is 2. The van der Waals surface area contributed by atoms with Gasteiger partial charge in [-0.25, -0.2) is 4.68 Å². The van der Waals surface area contributed by atoms with Crippen LogP contribution in [0.15, 0.2) is 17.1 Å². The predicted molar refractivity (Wildman–Crippen MR) is 75.7 cm³/mol. The highest BCUT2D eigenvalue weighted by atomic mass is 16.3. The van der Waals surface area contributed by atoms with Crippen LogP contribution in [0.2, 0.25) is 0 Å². The highest BCUT2D eigenvalue weighted by molar-refractivity contribution is 5.88. The average Bonchev–Trinajstić information content (AvgIpc) is 2.38. The molecule has 0 aliphatic carbocycles. The van der Waals surface area contributed by atoms with Gasteiger partial charge in [-0.3, -0.25) is 4.79 Å². The Labute approximate surface area is 112 Å². The molecule has 0 unspecified atom stereocenters. The van der Waals surface area contributed by atoms with Crippen LogP contribution in [-0.4, -0.2) is 20.0 Å². The summed E-state index contributed by atoms with van der Waals surface area (Å²) in [7, 11) is 0. The predicted octanol–water partition coefficient (Wildman–Crippen LogP) is 2.55. The van der Waals surface area contributed by atoms with Crippen molar-refractivity contribution in [1.29, 1.82) is 0 Å². The zero-order valence-electron chi connectivity index (χ0n) is 11.8. The molecule has 0 saturated heterocycles. The van der Waals surface area contributed by atoms with Crippen LogP contribution in [0.5, 0.6) is 11.5 Å². The molecular formula is C14H20N2O3. The van der Waals surface area contributed by atoms with Gasteiger partial charge in [0, 0.05) is 17.5 Å². The van der Waals surface area contributed by atoms with Crippen molar-refractivity contribution in [3.8, 4) is 11.5 Å². The van der Waals surface area contributed by atoms with Gasteiger partial charge < -0.3 is 10.2 Å². The molecule has 1 aromatic carbocycles. The highest BCUT2D eigenvalue weighted by Gasteiger charge is 2.12. The largest absolute Gasteiger partial charge is 0.504 e. The molecule has 0 atom stereocenters. The number of fused-ring (bicyclic) bond motifs is 1. The summed E-state index contributed by atoms with van der Waals surface area (Å²) in [5.74, 6) is -0.487. The lowest BCUT2D eigenvalue weighted by Gasteiger charge is -2.08. The van der Waals surface area contributed by atoms with Crippen molar-refractivity contribution < 1.29 is 10.2 Å². The molecule has 19 heavy (non-hydrogen) atoms. The van der Waals surface area contributed by atoms with Crippen molar-refractivity contribution in [2.75, 3.05) is 0 Å². The molecule has 5 heteroatoms. The van der Waals surface area contributed by atoms with E-state index in [0.29, 0.717) is 22.9 Å². The monoisotopic (exact) mass is 264 g/mol. The van der Waals surface area contributed by atoms with E-state index in [9.17, 15) is 15.0 Å². The summed E-state index contributed by atoms with van der Waals surface area (Å²) in [5, 5.41) is 23.9. The maximum atomic E-state index is 11.9. The van der Waals surface area contributed by atoms with E-state index >= 15 is 0 Å². The van der Waals surface area contributed by atoms with Crippen molar-refractivity contribution in [3.05, 3.63) is 28.2 Å². The number of phenols is 2. The number of hydrogen-bond acceptors (Lipinski definition) is 4. The van der Waals surface area contributed by atoms with Crippen molar-refractivity contribution in [2.24, 2.45) is 0 Å². The second-order valence-electron chi connectivity index (χ2n) is 4.30. The molecule has 0 bridgehead atoms. The molecule has 0 aliphatic rings. The first-order valence-corrected chi connectivity index (χ1v) is 6.39. The van der Waals surface area contributed by atoms with E-state index in [0.717, 1.165) is 0 Å². The Balaban J connectivity index is 0.000000550. The zero-order chi connectivity index (χ0) is 14.6. The number of aromatic hydroxyl groups is 2. The lowest BCUT2D eigenvalue weighted by molar-refractivity contribution is 0.402. The first kappa shape index (κ1) is 15.0. The van der Waals surface area contributed by atoms with Gasteiger partial charge in [-0.05, 0) is 19.9 Å². The van der Waals surface area contributed by atoms with E-state index < -0.39 is 0 Å².